The van der Waals surface area contributed by atoms with Gasteiger partial charge in [-0.25, -0.2) is 0 Å². The van der Waals surface area contributed by atoms with Crippen molar-refractivity contribution in [2.45, 2.75) is 5.33 Å². The Morgan fingerprint density at radius 1 is 0.727 bits per heavy atom. The van der Waals surface area contributed by atoms with E-state index >= 15 is 0 Å². The number of aromatic nitrogens is 1. The first-order valence-corrected chi connectivity index (χ1v) is 8.42. The molecule has 0 fully saturated rings. The normalized spacial score (nSPS) is 11.1. The number of fused-ring (bicyclic) bond motifs is 2. The Labute approximate surface area is 137 Å². The zero-order valence-electron chi connectivity index (χ0n) is 12.0. The lowest BCUT2D eigenvalue weighted by molar-refractivity contribution is 1.21. The summed E-state index contributed by atoms with van der Waals surface area (Å²) in [6.45, 7) is 0. The van der Waals surface area contributed by atoms with Gasteiger partial charge in [0.1, 0.15) is 0 Å². The third-order valence-corrected chi connectivity index (χ3v) is 4.55. The van der Waals surface area contributed by atoms with Crippen LogP contribution in [0.2, 0.25) is 0 Å². The number of benzene rings is 3. The number of hydrogen-bond acceptors (Lipinski definition) is 1. The molecule has 3 aromatic carbocycles. The maximum atomic E-state index is 4.89. The van der Waals surface area contributed by atoms with Gasteiger partial charge in [-0.2, -0.15) is 0 Å². The highest BCUT2D eigenvalue weighted by Gasteiger charge is 2.10. The first-order chi connectivity index (χ1) is 10.9. The first kappa shape index (κ1) is 13.5. The third kappa shape index (κ3) is 2.20. The average molecular weight is 348 g/mol. The molecule has 1 nitrogen and oxygen atoms in total. The number of rotatable bonds is 2. The minimum absolute atomic E-state index is 0.760. The summed E-state index contributed by atoms with van der Waals surface area (Å²) < 4.78 is 0. The molecule has 1 heterocycles. The summed E-state index contributed by atoms with van der Waals surface area (Å²) in [4.78, 5) is 4.89. The molecule has 2 heteroatoms. The molecule has 0 aliphatic carbocycles. The van der Waals surface area contributed by atoms with Crippen molar-refractivity contribution >= 4 is 37.5 Å². The Kier molecular flexibility index (Phi) is 3.39. The van der Waals surface area contributed by atoms with Crippen molar-refractivity contribution < 1.29 is 0 Å². The van der Waals surface area contributed by atoms with Gasteiger partial charge < -0.3 is 0 Å². The summed E-state index contributed by atoms with van der Waals surface area (Å²) in [5, 5.41) is 5.68. The van der Waals surface area contributed by atoms with Gasteiger partial charge in [-0.15, -0.1) is 0 Å². The molecule has 0 aliphatic rings. The fourth-order valence-electron chi connectivity index (χ4n) is 2.96. The highest BCUT2D eigenvalue weighted by atomic mass is 79.9. The second kappa shape index (κ2) is 5.54. The number of halogens is 1. The molecule has 4 aromatic rings. The van der Waals surface area contributed by atoms with Crippen LogP contribution in [0.4, 0.5) is 0 Å². The van der Waals surface area contributed by atoms with Crippen molar-refractivity contribution in [3.8, 4) is 11.3 Å². The summed E-state index contributed by atoms with van der Waals surface area (Å²) >= 11 is 3.54. The molecule has 0 saturated heterocycles. The maximum Gasteiger partial charge on any atom is 0.0790 e. The monoisotopic (exact) mass is 347 g/mol. The van der Waals surface area contributed by atoms with E-state index in [1.165, 1.54) is 27.1 Å². The molecule has 4 rings (SSSR count). The van der Waals surface area contributed by atoms with Gasteiger partial charge in [0.25, 0.3) is 0 Å². The Balaban J connectivity index is 2.12. The predicted molar refractivity (Wildman–Crippen MR) is 97.3 cm³/mol. The van der Waals surface area contributed by atoms with Crippen LogP contribution in [0.1, 0.15) is 5.69 Å². The maximum absolute atomic E-state index is 4.89. The van der Waals surface area contributed by atoms with E-state index < -0.39 is 0 Å². The van der Waals surface area contributed by atoms with E-state index in [1.807, 2.05) is 0 Å². The summed E-state index contributed by atoms with van der Waals surface area (Å²) in [5.74, 6) is 0. The predicted octanol–water partition coefficient (Wildman–Crippen LogP) is 5.95. The van der Waals surface area contributed by atoms with Crippen LogP contribution in [0.15, 0.2) is 72.8 Å². The van der Waals surface area contributed by atoms with Crippen LogP contribution in [0.3, 0.4) is 0 Å². The number of pyridine rings is 1. The molecule has 0 unspecified atom stereocenters. The van der Waals surface area contributed by atoms with Gasteiger partial charge in [0.05, 0.1) is 11.4 Å². The second-order valence-electron chi connectivity index (χ2n) is 5.34. The minimum atomic E-state index is 0.760. The van der Waals surface area contributed by atoms with Crippen molar-refractivity contribution in [1.29, 1.82) is 0 Å². The molecule has 0 spiro atoms. The number of alkyl halides is 1. The molecule has 0 N–H and O–H groups in total. The molecule has 0 aliphatic heterocycles. The third-order valence-electron chi connectivity index (χ3n) is 3.98. The zero-order valence-corrected chi connectivity index (χ0v) is 13.5. The van der Waals surface area contributed by atoms with Crippen molar-refractivity contribution in [3.05, 3.63) is 78.5 Å². The van der Waals surface area contributed by atoms with Crippen molar-refractivity contribution in [1.82, 2.24) is 4.98 Å². The summed E-state index contributed by atoms with van der Waals surface area (Å²) in [5.41, 5.74) is 3.31. The summed E-state index contributed by atoms with van der Waals surface area (Å²) in [6, 6.07) is 25.5. The van der Waals surface area contributed by atoms with E-state index in [9.17, 15) is 0 Å². The average Bonchev–Trinajstić information content (AvgIpc) is 2.60. The molecule has 0 bridgehead atoms. The Hall–Kier alpha value is -2.19. The van der Waals surface area contributed by atoms with Crippen molar-refractivity contribution in [3.63, 3.8) is 0 Å². The molecule has 0 atom stereocenters. The van der Waals surface area contributed by atoms with Crippen LogP contribution in [0.5, 0.6) is 0 Å². The number of nitrogens with zero attached hydrogens (tertiary/aromatic N) is 1. The molecular weight excluding hydrogens is 334 g/mol. The topological polar surface area (TPSA) is 12.9 Å². The fraction of sp³-hybridized carbons (Fsp3) is 0.0500. The van der Waals surface area contributed by atoms with Crippen LogP contribution >= 0.6 is 15.9 Å². The van der Waals surface area contributed by atoms with Crippen LogP contribution in [-0.4, -0.2) is 4.98 Å². The lowest BCUT2D eigenvalue weighted by Crippen LogP contribution is -1.92. The molecule has 0 amide bonds. The molecular formula is C20H14BrN. The zero-order chi connectivity index (χ0) is 14.9. The highest BCUT2D eigenvalue weighted by Crippen LogP contribution is 2.33. The lowest BCUT2D eigenvalue weighted by atomic mass is 9.98. The lowest BCUT2D eigenvalue weighted by Gasteiger charge is -2.11. The smallest absolute Gasteiger partial charge is 0.0790 e. The Morgan fingerprint density at radius 2 is 1.41 bits per heavy atom. The highest BCUT2D eigenvalue weighted by molar-refractivity contribution is 9.08. The van der Waals surface area contributed by atoms with Gasteiger partial charge in [0.15, 0.2) is 0 Å². The summed E-state index contributed by atoms with van der Waals surface area (Å²) in [7, 11) is 0. The van der Waals surface area contributed by atoms with Crippen LogP contribution in [-0.2, 0) is 5.33 Å². The largest absolute Gasteiger partial charge is 0.251 e. The fourth-order valence-corrected chi connectivity index (χ4v) is 3.25. The molecule has 22 heavy (non-hydrogen) atoms. The van der Waals surface area contributed by atoms with E-state index in [0.29, 0.717) is 0 Å². The molecule has 1 aromatic heterocycles. The standard InChI is InChI=1S/C20H14BrN/c21-13-16-12-15-7-2-4-10-18(15)20(22-16)19-11-5-8-14-6-1-3-9-17(14)19/h1-12H,13H2. The van der Waals surface area contributed by atoms with Gasteiger partial charge in [-0.1, -0.05) is 82.7 Å². The quantitative estimate of drug-likeness (QED) is 0.408. The van der Waals surface area contributed by atoms with E-state index in [1.54, 1.807) is 0 Å². The van der Waals surface area contributed by atoms with Gasteiger partial charge in [-0.05, 0) is 22.2 Å². The molecule has 0 radical (unpaired) electrons. The molecule has 0 saturated carbocycles. The first-order valence-electron chi connectivity index (χ1n) is 7.29. The minimum Gasteiger partial charge on any atom is -0.251 e. The van der Waals surface area contributed by atoms with Gasteiger partial charge in [-0.3, -0.25) is 4.98 Å². The summed E-state index contributed by atoms with van der Waals surface area (Å²) in [6.07, 6.45) is 0. The van der Waals surface area contributed by atoms with Crippen LogP contribution in [0.25, 0.3) is 32.8 Å². The van der Waals surface area contributed by atoms with Crippen LogP contribution < -0.4 is 0 Å². The Morgan fingerprint density at radius 3 is 2.23 bits per heavy atom. The molecule has 106 valence electrons. The van der Waals surface area contributed by atoms with Crippen molar-refractivity contribution in [2.75, 3.05) is 0 Å². The van der Waals surface area contributed by atoms with E-state index in [0.717, 1.165) is 16.7 Å². The van der Waals surface area contributed by atoms with Crippen LogP contribution in [0, 0.1) is 0 Å². The van der Waals surface area contributed by atoms with E-state index in [-0.39, 0.29) is 0 Å². The van der Waals surface area contributed by atoms with E-state index in [4.69, 9.17) is 4.98 Å². The van der Waals surface area contributed by atoms with E-state index in [2.05, 4.69) is 88.7 Å². The Bertz CT molecular complexity index is 970. The SMILES string of the molecule is BrCc1cc2ccccc2c(-c2cccc3ccccc23)n1. The van der Waals surface area contributed by atoms with Gasteiger partial charge in [0.2, 0.25) is 0 Å². The van der Waals surface area contributed by atoms with Gasteiger partial charge >= 0.3 is 0 Å². The second-order valence-corrected chi connectivity index (χ2v) is 5.90. The number of hydrogen-bond donors (Lipinski definition) is 0. The van der Waals surface area contributed by atoms with Crippen molar-refractivity contribution in [2.24, 2.45) is 0 Å². The van der Waals surface area contributed by atoms with Gasteiger partial charge in [0, 0.05) is 16.3 Å².